The third-order valence-corrected chi connectivity index (χ3v) is 4.76. The van der Waals surface area contributed by atoms with E-state index in [-0.39, 0.29) is 5.91 Å². The molecule has 0 fully saturated rings. The molecule has 1 amide bonds. The number of carbonyl (C=O) groups excluding carboxylic acids is 3. The monoisotopic (exact) mass is 451 g/mol. The fourth-order valence-corrected chi connectivity index (χ4v) is 3.28. The molecule has 1 unspecified atom stereocenters. The van der Waals surface area contributed by atoms with Crippen molar-refractivity contribution in [1.82, 2.24) is 10.3 Å². The Morgan fingerprint density at radius 3 is 2.30 bits per heavy atom. The lowest BCUT2D eigenvalue weighted by molar-refractivity contribution is -0.144. The first-order valence-corrected chi connectivity index (χ1v) is 10.2. The minimum atomic E-state index is -0.753. The van der Waals surface area contributed by atoms with Crippen molar-refractivity contribution in [3.63, 3.8) is 0 Å². The Balaban J connectivity index is 1.77. The molecular weight excluding hydrogens is 426 g/mol. The Kier molecular flexibility index (Phi) is 7.45. The summed E-state index contributed by atoms with van der Waals surface area (Å²) in [5.74, 6) is 0.0825. The van der Waals surface area contributed by atoms with Crippen LogP contribution in [-0.2, 0) is 25.5 Å². The highest BCUT2D eigenvalue weighted by Gasteiger charge is 2.20. The number of fused-ring (bicyclic) bond motifs is 1. The Morgan fingerprint density at radius 2 is 1.70 bits per heavy atom. The van der Waals surface area contributed by atoms with Gasteiger partial charge in [-0.2, -0.15) is 0 Å². The summed E-state index contributed by atoms with van der Waals surface area (Å²) in [5.41, 5.74) is 2.27. The van der Waals surface area contributed by atoms with Crippen LogP contribution in [0.3, 0.4) is 0 Å². The van der Waals surface area contributed by atoms with Crippen LogP contribution >= 0.6 is 0 Å². The zero-order valence-electron chi connectivity index (χ0n) is 18.8. The van der Waals surface area contributed by atoms with Gasteiger partial charge in [0.2, 0.25) is 5.91 Å². The van der Waals surface area contributed by atoms with E-state index < -0.39 is 18.0 Å². The van der Waals surface area contributed by atoms with E-state index in [9.17, 15) is 14.4 Å². The largest absolute Gasteiger partial charge is 0.493 e. The maximum Gasteiger partial charge on any atom is 0.328 e. The van der Waals surface area contributed by atoms with Crippen molar-refractivity contribution < 1.29 is 28.6 Å². The van der Waals surface area contributed by atoms with Crippen LogP contribution in [0.4, 0.5) is 11.5 Å². The van der Waals surface area contributed by atoms with Gasteiger partial charge in [0, 0.05) is 37.4 Å². The average Bonchev–Trinajstić information content (AvgIpc) is 2.78. The Labute approximate surface area is 191 Å². The number of hydrogen-bond donors (Lipinski definition) is 2. The number of nitrogens with zero attached hydrogens (tertiary/aromatic N) is 1. The number of pyridine rings is 1. The minimum Gasteiger partial charge on any atom is -0.493 e. The molecule has 0 spiro atoms. The number of amides is 1. The molecule has 1 heterocycles. The smallest absolute Gasteiger partial charge is 0.328 e. The summed E-state index contributed by atoms with van der Waals surface area (Å²) in [6, 6.07) is 13.8. The SMILES string of the molecule is COC(=O)C(Cc1ccc(Nc2ccc3cc(OC)c(OC(C)=O)cc3n2)cc1)NC(C)=O. The van der Waals surface area contributed by atoms with Crippen LogP contribution in [0, 0.1) is 0 Å². The van der Waals surface area contributed by atoms with Crippen molar-refractivity contribution in [2.75, 3.05) is 19.5 Å². The van der Waals surface area contributed by atoms with Gasteiger partial charge in [-0.05, 0) is 35.9 Å². The predicted octanol–water partition coefficient (Wildman–Crippen LogP) is 3.13. The number of carbonyl (C=O) groups is 3. The highest BCUT2D eigenvalue weighted by molar-refractivity contribution is 5.86. The molecule has 1 atom stereocenters. The van der Waals surface area contributed by atoms with E-state index in [0.29, 0.717) is 29.3 Å². The first kappa shape index (κ1) is 23.5. The lowest BCUT2D eigenvalue weighted by atomic mass is 10.1. The Bertz CT molecular complexity index is 1180. The first-order valence-electron chi connectivity index (χ1n) is 10.2. The molecule has 0 bridgehead atoms. The number of hydrogen-bond acceptors (Lipinski definition) is 8. The van der Waals surface area contributed by atoms with Gasteiger partial charge in [0.05, 0.1) is 19.7 Å². The lowest BCUT2D eigenvalue weighted by Crippen LogP contribution is -2.41. The molecule has 3 rings (SSSR count). The number of aromatic nitrogens is 1. The molecule has 9 heteroatoms. The van der Waals surface area contributed by atoms with E-state index in [2.05, 4.69) is 15.6 Å². The number of ether oxygens (including phenoxy) is 3. The molecular formula is C24H25N3O6. The number of nitrogens with one attached hydrogen (secondary N) is 2. The van der Waals surface area contributed by atoms with E-state index >= 15 is 0 Å². The van der Waals surface area contributed by atoms with Crippen molar-refractivity contribution >= 4 is 40.3 Å². The number of benzene rings is 2. The van der Waals surface area contributed by atoms with Gasteiger partial charge >= 0.3 is 11.9 Å². The second-order valence-corrected chi connectivity index (χ2v) is 7.29. The fourth-order valence-electron chi connectivity index (χ4n) is 3.28. The number of anilines is 2. The molecule has 0 aliphatic heterocycles. The number of esters is 2. The van der Waals surface area contributed by atoms with Crippen molar-refractivity contribution in [3.8, 4) is 11.5 Å². The van der Waals surface area contributed by atoms with E-state index in [1.807, 2.05) is 36.4 Å². The van der Waals surface area contributed by atoms with Crippen LogP contribution in [0.1, 0.15) is 19.4 Å². The molecule has 0 aliphatic rings. The van der Waals surface area contributed by atoms with Gasteiger partial charge in [-0.3, -0.25) is 9.59 Å². The van der Waals surface area contributed by atoms with Crippen LogP contribution < -0.4 is 20.1 Å². The van der Waals surface area contributed by atoms with E-state index in [1.165, 1.54) is 28.1 Å². The molecule has 1 aromatic heterocycles. The molecule has 0 saturated heterocycles. The third kappa shape index (κ3) is 6.19. The molecule has 2 N–H and O–H groups in total. The number of rotatable bonds is 8. The van der Waals surface area contributed by atoms with Crippen LogP contribution in [0.25, 0.3) is 10.9 Å². The maximum atomic E-state index is 11.9. The summed E-state index contributed by atoms with van der Waals surface area (Å²) in [5, 5.41) is 6.64. The van der Waals surface area contributed by atoms with Crippen LogP contribution in [0.5, 0.6) is 11.5 Å². The second kappa shape index (κ2) is 10.4. The molecule has 33 heavy (non-hydrogen) atoms. The maximum absolute atomic E-state index is 11.9. The van der Waals surface area contributed by atoms with E-state index in [1.54, 1.807) is 12.1 Å². The van der Waals surface area contributed by atoms with Crippen molar-refractivity contribution in [1.29, 1.82) is 0 Å². The van der Waals surface area contributed by atoms with Gasteiger partial charge in [0.25, 0.3) is 0 Å². The second-order valence-electron chi connectivity index (χ2n) is 7.29. The molecule has 0 saturated carbocycles. The van der Waals surface area contributed by atoms with Gasteiger partial charge in [-0.1, -0.05) is 12.1 Å². The predicted molar refractivity (Wildman–Crippen MR) is 123 cm³/mol. The zero-order valence-corrected chi connectivity index (χ0v) is 18.8. The minimum absolute atomic E-state index is 0.297. The van der Waals surface area contributed by atoms with Crippen molar-refractivity contribution in [2.24, 2.45) is 0 Å². The van der Waals surface area contributed by atoms with Gasteiger partial charge in [-0.15, -0.1) is 0 Å². The van der Waals surface area contributed by atoms with Crippen molar-refractivity contribution in [3.05, 3.63) is 54.1 Å². The highest BCUT2D eigenvalue weighted by atomic mass is 16.6. The fraction of sp³-hybridized carbons (Fsp3) is 0.250. The summed E-state index contributed by atoms with van der Waals surface area (Å²) >= 11 is 0. The van der Waals surface area contributed by atoms with Gasteiger partial charge < -0.3 is 24.8 Å². The zero-order chi connectivity index (χ0) is 24.0. The van der Waals surface area contributed by atoms with E-state index in [4.69, 9.17) is 14.2 Å². The summed E-state index contributed by atoms with van der Waals surface area (Å²) in [6.45, 7) is 2.67. The van der Waals surface area contributed by atoms with Crippen molar-refractivity contribution in [2.45, 2.75) is 26.3 Å². The van der Waals surface area contributed by atoms with Gasteiger partial charge in [-0.25, -0.2) is 9.78 Å². The summed E-state index contributed by atoms with van der Waals surface area (Å²) in [7, 11) is 2.79. The number of methoxy groups -OCH3 is 2. The van der Waals surface area contributed by atoms with E-state index in [0.717, 1.165) is 16.6 Å². The highest BCUT2D eigenvalue weighted by Crippen LogP contribution is 2.32. The average molecular weight is 451 g/mol. The van der Waals surface area contributed by atoms with Crippen LogP contribution in [-0.4, -0.2) is 43.1 Å². The summed E-state index contributed by atoms with van der Waals surface area (Å²) in [4.78, 5) is 39.2. The standard InChI is InChI=1S/C24H25N3O6/c1-14(28)25-20(24(30)32-4)11-16-5-8-18(9-6-16)26-23-10-7-17-12-21(31-3)22(33-15(2)29)13-19(17)27-23/h5-10,12-13,20H,11H2,1-4H3,(H,25,28)(H,26,27). The quantitative estimate of drug-likeness (QED) is 0.396. The topological polar surface area (TPSA) is 116 Å². The first-order chi connectivity index (χ1) is 15.8. The normalized spacial score (nSPS) is 11.4. The van der Waals surface area contributed by atoms with Gasteiger partial charge in [0.15, 0.2) is 11.5 Å². The Hall–Kier alpha value is -4.14. The lowest BCUT2D eigenvalue weighted by Gasteiger charge is -2.16. The molecule has 172 valence electrons. The molecule has 2 aromatic carbocycles. The molecule has 0 radical (unpaired) electrons. The molecule has 9 nitrogen and oxygen atoms in total. The van der Waals surface area contributed by atoms with Gasteiger partial charge in [0.1, 0.15) is 11.9 Å². The van der Waals surface area contributed by atoms with Crippen LogP contribution in [0.2, 0.25) is 0 Å². The summed E-state index contributed by atoms with van der Waals surface area (Å²) in [6.07, 6.45) is 0.307. The molecule has 3 aromatic rings. The summed E-state index contributed by atoms with van der Waals surface area (Å²) < 4.78 is 15.3. The third-order valence-electron chi connectivity index (χ3n) is 4.76. The molecule has 0 aliphatic carbocycles. The Morgan fingerprint density at radius 1 is 0.970 bits per heavy atom. The van der Waals surface area contributed by atoms with Crippen LogP contribution in [0.15, 0.2) is 48.5 Å².